The Hall–Kier alpha value is -2.03. The molecule has 0 bridgehead atoms. The van der Waals surface area contributed by atoms with Crippen LogP contribution in [0.1, 0.15) is 18.4 Å². The number of hydrogen-bond donors (Lipinski definition) is 1. The van der Waals surface area contributed by atoms with Gasteiger partial charge in [0.1, 0.15) is 18.4 Å². The molecule has 0 saturated carbocycles. The Labute approximate surface area is 125 Å². The molecule has 5 nitrogen and oxygen atoms in total. The van der Waals surface area contributed by atoms with Crippen LogP contribution in [0.15, 0.2) is 18.2 Å². The normalized spacial score (nSPS) is 17.4. The molecule has 1 aliphatic heterocycles. The molecule has 1 heterocycles. The van der Waals surface area contributed by atoms with E-state index in [4.69, 9.17) is 15.2 Å². The second-order valence-electron chi connectivity index (χ2n) is 4.90. The molecule has 0 saturated heterocycles. The molecule has 1 atom stereocenters. The SMILES string of the molecule is COCCCC#Cc1ccc2c(c1)N(C)C(=O)[C@@H](N)CO2. The highest BCUT2D eigenvalue weighted by molar-refractivity contribution is 5.98. The second-order valence-corrected chi connectivity index (χ2v) is 4.90. The van der Waals surface area contributed by atoms with Crippen LogP contribution < -0.4 is 15.4 Å². The standard InChI is InChI=1S/C16H20N2O3/c1-18-14-10-12(6-4-3-5-9-20-2)7-8-15(14)21-11-13(17)16(18)19/h7-8,10,13H,3,5,9,11,17H2,1-2H3/t13-/m0/s1. The van der Waals surface area contributed by atoms with Gasteiger partial charge in [0.25, 0.3) is 0 Å². The molecule has 1 aromatic carbocycles. The molecule has 2 N–H and O–H groups in total. The summed E-state index contributed by atoms with van der Waals surface area (Å²) in [4.78, 5) is 13.6. The Morgan fingerprint density at radius 2 is 2.33 bits per heavy atom. The van der Waals surface area contributed by atoms with E-state index in [1.165, 1.54) is 4.90 Å². The molecule has 112 valence electrons. The van der Waals surface area contributed by atoms with Crippen molar-refractivity contribution < 1.29 is 14.3 Å². The van der Waals surface area contributed by atoms with Crippen LogP contribution in [-0.4, -0.2) is 39.3 Å². The van der Waals surface area contributed by atoms with Gasteiger partial charge in [-0.25, -0.2) is 0 Å². The van der Waals surface area contributed by atoms with E-state index in [0.29, 0.717) is 18.0 Å². The molecular formula is C16H20N2O3. The van der Waals surface area contributed by atoms with Gasteiger partial charge in [-0.1, -0.05) is 11.8 Å². The number of unbranched alkanes of at least 4 members (excludes halogenated alkanes) is 1. The lowest BCUT2D eigenvalue weighted by molar-refractivity contribution is -0.119. The fourth-order valence-corrected chi connectivity index (χ4v) is 2.07. The zero-order valence-electron chi connectivity index (χ0n) is 12.4. The van der Waals surface area contributed by atoms with Crippen molar-refractivity contribution in [2.75, 3.05) is 32.3 Å². The van der Waals surface area contributed by atoms with Crippen molar-refractivity contribution in [2.45, 2.75) is 18.9 Å². The first kappa shape index (κ1) is 15.4. The number of rotatable bonds is 3. The van der Waals surface area contributed by atoms with E-state index in [1.807, 2.05) is 18.2 Å². The minimum absolute atomic E-state index is 0.154. The number of ether oxygens (including phenoxy) is 2. The minimum Gasteiger partial charge on any atom is -0.489 e. The third-order valence-corrected chi connectivity index (χ3v) is 3.27. The summed E-state index contributed by atoms with van der Waals surface area (Å²) in [5, 5.41) is 0. The number of nitrogens with zero attached hydrogens (tertiary/aromatic N) is 1. The van der Waals surface area contributed by atoms with Crippen molar-refractivity contribution in [1.82, 2.24) is 0 Å². The van der Waals surface area contributed by atoms with Gasteiger partial charge < -0.3 is 20.1 Å². The summed E-state index contributed by atoms with van der Waals surface area (Å²) in [7, 11) is 3.38. The number of amides is 1. The lowest BCUT2D eigenvalue weighted by Gasteiger charge is -2.17. The van der Waals surface area contributed by atoms with Gasteiger partial charge in [-0.15, -0.1) is 0 Å². The Morgan fingerprint density at radius 3 is 3.10 bits per heavy atom. The van der Waals surface area contributed by atoms with Crippen molar-refractivity contribution in [1.29, 1.82) is 0 Å². The van der Waals surface area contributed by atoms with Crippen LogP contribution in [0.5, 0.6) is 5.75 Å². The predicted octanol–water partition coefficient (Wildman–Crippen LogP) is 1.15. The third-order valence-electron chi connectivity index (χ3n) is 3.27. The molecule has 0 radical (unpaired) electrons. The van der Waals surface area contributed by atoms with Gasteiger partial charge in [0.05, 0.1) is 5.69 Å². The summed E-state index contributed by atoms with van der Waals surface area (Å²) in [6.45, 7) is 0.903. The number of hydrogen-bond acceptors (Lipinski definition) is 4. The van der Waals surface area contributed by atoms with Gasteiger partial charge in [0.2, 0.25) is 5.91 Å². The number of carbonyl (C=O) groups excluding carboxylic acids is 1. The van der Waals surface area contributed by atoms with Crippen LogP contribution in [0.2, 0.25) is 0 Å². The van der Waals surface area contributed by atoms with Crippen molar-refractivity contribution in [3.05, 3.63) is 23.8 Å². The lowest BCUT2D eigenvalue weighted by Crippen LogP contribution is -2.43. The first-order valence-corrected chi connectivity index (χ1v) is 6.91. The smallest absolute Gasteiger partial charge is 0.247 e. The predicted molar refractivity (Wildman–Crippen MR) is 81.3 cm³/mol. The summed E-state index contributed by atoms with van der Waals surface area (Å²) in [5.74, 6) is 6.69. The van der Waals surface area contributed by atoms with Gasteiger partial charge in [-0.2, -0.15) is 0 Å². The molecule has 21 heavy (non-hydrogen) atoms. The Balaban J connectivity index is 2.16. The molecular weight excluding hydrogens is 268 g/mol. The fourth-order valence-electron chi connectivity index (χ4n) is 2.07. The average molecular weight is 288 g/mol. The Bertz CT molecular complexity index is 575. The quantitative estimate of drug-likeness (QED) is 0.669. The van der Waals surface area contributed by atoms with E-state index >= 15 is 0 Å². The third kappa shape index (κ3) is 3.75. The first-order chi connectivity index (χ1) is 10.1. The Morgan fingerprint density at radius 1 is 1.52 bits per heavy atom. The summed E-state index contributed by atoms with van der Waals surface area (Å²) >= 11 is 0. The monoisotopic (exact) mass is 288 g/mol. The molecule has 1 amide bonds. The summed E-state index contributed by atoms with van der Waals surface area (Å²) in [5.41, 5.74) is 7.31. The van der Waals surface area contributed by atoms with Crippen molar-refractivity contribution in [3.63, 3.8) is 0 Å². The number of nitrogens with two attached hydrogens (primary N) is 1. The number of fused-ring (bicyclic) bond motifs is 1. The average Bonchev–Trinajstić information content (AvgIpc) is 2.60. The largest absolute Gasteiger partial charge is 0.489 e. The van der Waals surface area contributed by atoms with Gasteiger partial charge in [-0.3, -0.25) is 4.79 Å². The van der Waals surface area contributed by atoms with E-state index in [0.717, 1.165) is 18.4 Å². The second kappa shape index (κ2) is 7.11. The van der Waals surface area contributed by atoms with Crippen LogP contribution in [0, 0.1) is 11.8 Å². The zero-order valence-corrected chi connectivity index (χ0v) is 12.4. The van der Waals surface area contributed by atoms with Crippen LogP contribution in [0.4, 0.5) is 5.69 Å². The van der Waals surface area contributed by atoms with Gasteiger partial charge in [0, 0.05) is 32.7 Å². The van der Waals surface area contributed by atoms with Crippen molar-refractivity contribution in [2.24, 2.45) is 5.73 Å². The summed E-state index contributed by atoms with van der Waals surface area (Å²) in [6, 6.07) is 4.94. The summed E-state index contributed by atoms with van der Waals surface area (Å²) in [6.07, 6.45) is 1.69. The first-order valence-electron chi connectivity index (χ1n) is 6.91. The molecule has 2 rings (SSSR count). The van der Waals surface area contributed by atoms with Crippen LogP contribution in [0.3, 0.4) is 0 Å². The van der Waals surface area contributed by atoms with E-state index in [-0.39, 0.29) is 12.5 Å². The zero-order chi connectivity index (χ0) is 15.2. The van der Waals surface area contributed by atoms with E-state index in [2.05, 4.69) is 11.8 Å². The molecule has 1 aromatic rings. The molecule has 0 unspecified atom stereocenters. The highest BCUT2D eigenvalue weighted by Gasteiger charge is 2.26. The maximum Gasteiger partial charge on any atom is 0.247 e. The van der Waals surface area contributed by atoms with Crippen molar-refractivity contribution >= 4 is 11.6 Å². The maximum atomic E-state index is 12.0. The van der Waals surface area contributed by atoms with Gasteiger partial charge in [0.15, 0.2) is 0 Å². The van der Waals surface area contributed by atoms with E-state index < -0.39 is 6.04 Å². The van der Waals surface area contributed by atoms with E-state index in [1.54, 1.807) is 14.2 Å². The number of benzene rings is 1. The van der Waals surface area contributed by atoms with Gasteiger partial charge in [-0.05, 0) is 24.6 Å². The van der Waals surface area contributed by atoms with Crippen LogP contribution >= 0.6 is 0 Å². The fraction of sp³-hybridized carbons (Fsp3) is 0.438. The van der Waals surface area contributed by atoms with Crippen LogP contribution in [-0.2, 0) is 9.53 Å². The molecule has 0 aliphatic carbocycles. The molecule has 5 heteroatoms. The Kier molecular flexibility index (Phi) is 5.20. The minimum atomic E-state index is -0.633. The lowest BCUT2D eigenvalue weighted by atomic mass is 10.1. The maximum absolute atomic E-state index is 12.0. The molecule has 1 aliphatic rings. The highest BCUT2D eigenvalue weighted by Crippen LogP contribution is 2.31. The van der Waals surface area contributed by atoms with Crippen LogP contribution in [0.25, 0.3) is 0 Å². The topological polar surface area (TPSA) is 64.8 Å². The number of likely N-dealkylation sites (N-methyl/N-ethyl adjacent to an activating group) is 1. The summed E-state index contributed by atoms with van der Waals surface area (Å²) < 4.78 is 10.5. The van der Waals surface area contributed by atoms with E-state index in [9.17, 15) is 4.79 Å². The molecule has 0 spiro atoms. The molecule has 0 fully saturated rings. The number of carbonyl (C=O) groups is 1. The molecule has 0 aromatic heterocycles. The van der Waals surface area contributed by atoms with Gasteiger partial charge >= 0.3 is 0 Å². The van der Waals surface area contributed by atoms with Crippen molar-refractivity contribution in [3.8, 4) is 17.6 Å². The highest BCUT2D eigenvalue weighted by atomic mass is 16.5. The number of anilines is 1. The number of methoxy groups -OCH3 is 1.